The molecule has 0 spiro atoms. The van der Waals surface area contributed by atoms with Crippen LogP contribution >= 0.6 is 15.9 Å². The van der Waals surface area contributed by atoms with Crippen LogP contribution in [0.3, 0.4) is 0 Å². The molecule has 1 fully saturated rings. The number of aliphatic hydroxyl groups excluding tert-OH is 1. The van der Waals surface area contributed by atoms with Crippen LogP contribution in [-0.2, 0) is 14.3 Å². The van der Waals surface area contributed by atoms with Crippen LogP contribution in [-0.4, -0.2) is 35.2 Å². The van der Waals surface area contributed by atoms with E-state index in [0.29, 0.717) is 29.7 Å². The molecule has 1 aromatic rings. The summed E-state index contributed by atoms with van der Waals surface area (Å²) in [5.41, 5.74) is 0.557. The molecule has 0 bridgehead atoms. The van der Waals surface area contributed by atoms with E-state index in [1.54, 1.807) is 24.3 Å². The maximum absolute atomic E-state index is 11.8. The van der Waals surface area contributed by atoms with Gasteiger partial charge in [0.25, 0.3) is 0 Å². The van der Waals surface area contributed by atoms with Crippen LogP contribution in [0.15, 0.2) is 30.3 Å². The van der Waals surface area contributed by atoms with Crippen molar-refractivity contribution >= 4 is 21.9 Å². The molecule has 0 amide bonds. The Morgan fingerprint density at radius 3 is 2.61 bits per heavy atom. The van der Waals surface area contributed by atoms with Gasteiger partial charge in [-0.05, 0) is 31.2 Å². The molecule has 1 aromatic carbocycles. The molecule has 0 aliphatic heterocycles. The van der Waals surface area contributed by atoms with Gasteiger partial charge in [0, 0.05) is 11.4 Å². The molecule has 23 heavy (non-hydrogen) atoms. The zero-order valence-corrected chi connectivity index (χ0v) is 14.9. The van der Waals surface area contributed by atoms with Crippen LogP contribution in [0.1, 0.15) is 50.2 Å². The first-order valence-electron chi connectivity index (χ1n) is 8.34. The van der Waals surface area contributed by atoms with Crippen molar-refractivity contribution in [3.63, 3.8) is 0 Å². The maximum Gasteiger partial charge on any atom is 0.339 e. The lowest BCUT2D eigenvalue weighted by Crippen LogP contribution is -2.28. The third-order valence-electron chi connectivity index (χ3n) is 4.08. The van der Waals surface area contributed by atoms with E-state index in [9.17, 15) is 9.90 Å². The van der Waals surface area contributed by atoms with E-state index >= 15 is 0 Å². The van der Waals surface area contributed by atoms with Crippen LogP contribution in [0, 0.1) is 0 Å². The number of unbranched alkanes of at least 4 members (excludes halogenated alkanes) is 1. The second kappa shape index (κ2) is 10.1. The summed E-state index contributed by atoms with van der Waals surface area (Å²) in [6.45, 7) is 1.00. The highest BCUT2D eigenvalue weighted by Gasteiger charge is 2.23. The lowest BCUT2D eigenvalue weighted by Gasteiger charge is -2.27. The van der Waals surface area contributed by atoms with Gasteiger partial charge in [-0.15, -0.1) is 0 Å². The minimum Gasteiger partial charge on any atom is -0.464 e. The molecule has 0 radical (unpaired) electrons. The molecule has 5 heteroatoms. The number of rotatable bonds is 8. The lowest BCUT2D eigenvalue weighted by atomic mass is 9.97. The number of hydrogen-bond donors (Lipinski definition) is 1. The molecule has 2 rings (SSSR count). The van der Waals surface area contributed by atoms with Gasteiger partial charge in [-0.2, -0.15) is 0 Å². The molecule has 0 aromatic heterocycles. The highest BCUT2D eigenvalue weighted by atomic mass is 79.9. The van der Waals surface area contributed by atoms with Crippen molar-refractivity contribution in [2.24, 2.45) is 0 Å². The second-order valence-electron chi connectivity index (χ2n) is 5.90. The minimum absolute atomic E-state index is 0.311. The number of carbonyl (C=O) groups excluding carboxylic acids is 1. The van der Waals surface area contributed by atoms with E-state index in [-0.39, 0.29) is 0 Å². The molecule has 1 aliphatic rings. The highest BCUT2D eigenvalue weighted by molar-refractivity contribution is 9.09. The summed E-state index contributed by atoms with van der Waals surface area (Å²) in [5, 5.41) is 9.89. The van der Waals surface area contributed by atoms with Crippen LogP contribution in [0.2, 0.25) is 0 Å². The van der Waals surface area contributed by atoms with E-state index in [4.69, 9.17) is 9.47 Å². The van der Waals surface area contributed by atoms with Crippen molar-refractivity contribution in [3.8, 4) is 0 Å². The predicted molar refractivity (Wildman–Crippen MR) is 92.5 cm³/mol. The fourth-order valence-corrected chi connectivity index (χ4v) is 3.44. The van der Waals surface area contributed by atoms with Crippen molar-refractivity contribution in [2.75, 3.05) is 13.2 Å². The molecule has 1 saturated carbocycles. The molecular formula is C18H25BrO4. The fraction of sp³-hybridized carbons (Fsp3) is 0.611. The van der Waals surface area contributed by atoms with Gasteiger partial charge in [0.15, 0.2) is 6.10 Å². The molecule has 0 heterocycles. The van der Waals surface area contributed by atoms with E-state index < -0.39 is 12.1 Å². The van der Waals surface area contributed by atoms with Crippen molar-refractivity contribution in [1.29, 1.82) is 0 Å². The van der Waals surface area contributed by atoms with Gasteiger partial charge in [0.2, 0.25) is 0 Å². The smallest absolute Gasteiger partial charge is 0.339 e. The van der Waals surface area contributed by atoms with Gasteiger partial charge in [-0.1, -0.05) is 59.1 Å². The Bertz CT molecular complexity index is 465. The third kappa shape index (κ3) is 6.24. The summed E-state index contributed by atoms with van der Waals surface area (Å²) in [4.78, 5) is 12.2. The van der Waals surface area contributed by atoms with E-state index in [1.807, 2.05) is 6.07 Å². The van der Waals surface area contributed by atoms with Crippen LogP contribution < -0.4 is 0 Å². The Morgan fingerprint density at radius 1 is 1.17 bits per heavy atom. The Kier molecular flexibility index (Phi) is 8.06. The number of benzene rings is 1. The normalized spacial score (nSPS) is 22.5. The summed E-state index contributed by atoms with van der Waals surface area (Å²) in [7, 11) is 0. The summed E-state index contributed by atoms with van der Waals surface area (Å²) in [6, 6.07) is 8.82. The number of ether oxygens (including phenoxy) is 2. The number of halogens is 1. The van der Waals surface area contributed by atoms with Gasteiger partial charge in [-0.3, -0.25) is 0 Å². The van der Waals surface area contributed by atoms with Crippen LogP contribution in [0.4, 0.5) is 0 Å². The Morgan fingerprint density at radius 2 is 1.87 bits per heavy atom. The lowest BCUT2D eigenvalue weighted by molar-refractivity contribution is -0.154. The van der Waals surface area contributed by atoms with Gasteiger partial charge >= 0.3 is 5.97 Å². The molecule has 0 saturated heterocycles. The Hall–Kier alpha value is -0.910. The molecule has 4 nitrogen and oxygen atoms in total. The Balaban J connectivity index is 1.55. The van der Waals surface area contributed by atoms with E-state index in [1.165, 1.54) is 19.3 Å². The molecule has 3 atom stereocenters. The number of hydrogen-bond acceptors (Lipinski definition) is 4. The van der Waals surface area contributed by atoms with Crippen molar-refractivity contribution in [1.82, 2.24) is 0 Å². The van der Waals surface area contributed by atoms with Gasteiger partial charge in [-0.25, -0.2) is 4.79 Å². The second-order valence-corrected chi connectivity index (χ2v) is 7.07. The summed E-state index contributed by atoms with van der Waals surface area (Å²) in [5.74, 6) is -0.593. The molecule has 1 N–H and O–H groups in total. The minimum atomic E-state index is -1.20. The van der Waals surface area contributed by atoms with E-state index in [2.05, 4.69) is 15.9 Å². The third-order valence-corrected chi connectivity index (χ3v) is 5.12. The topological polar surface area (TPSA) is 55.8 Å². The first-order valence-corrected chi connectivity index (χ1v) is 9.25. The zero-order chi connectivity index (χ0) is 16.5. The van der Waals surface area contributed by atoms with Gasteiger partial charge in [0.1, 0.15) is 0 Å². The average molecular weight is 385 g/mol. The standard InChI is InChI=1S/C18H25BrO4/c19-15-10-4-5-11-16(15)22-12-6-7-13-23-18(21)17(20)14-8-2-1-3-9-14/h1-3,8-9,15-17,20H,4-7,10-13H2/t15-,16-,17+/m0/s1. The number of esters is 1. The number of carbonyl (C=O) groups is 1. The highest BCUT2D eigenvalue weighted by Crippen LogP contribution is 2.26. The van der Waals surface area contributed by atoms with Crippen LogP contribution in [0.25, 0.3) is 0 Å². The maximum atomic E-state index is 11.8. The monoisotopic (exact) mass is 384 g/mol. The summed E-state index contributed by atoms with van der Waals surface area (Å²) >= 11 is 3.67. The molecular weight excluding hydrogens is 360 g/mol. The average Bonchev–Trinajstić information content (AvgIpc) is 2.59. The van der Waals surface area contributed by atoms with Gasteiger partial charge in [0.05, 0.1) is 12.7 Å². The Labute approximate surface area is 146 Å². The molecule has 0 unspecified atom stereocenters. The van der Waals surface area contributed by atoms with Gasteiger partial charge < -0.3 is 14.6 Å². The zero-order valence-electron chi connectivity index (χ0n) is 13.3. The largest absolute Gasteiger partial charge is 0.464 e. The van der Waals surface area contributed by atoms with Crippen LogP contribution in [0.5, 0.6) is 0 Å². The molecule has 1 aliphatic carbocycles. The first kappa shape index (κ1) is 18.4. The SMILES string of the molecule is O=C(OCCCCO[C@H]1CCCC[C@@H]1Br)[C@H](O)c1ccccc1. The fourth-order valence-electron chi connectivity index (χ4n) is 2.70. The number of alkyl halides is 1. The number of aliphatic hydroxyl groups is 1. The summed E-state index contributed by atoms with van der Waals surface area (Å²) < 4.78 is 11.0. The van der Waals surface area contributed by atoms with Crippen molar-refractivity contribution in [2.45, 2.75) is 55.6 Å². The molecule has 128 valence electrons. The summed E-state index contributed by atoms with van der Waals surface area (Å²) in [6.07, 6.45) is 5.51. The first-order chi connectivity index (χ1) is 11.2. The van der Waals surface area contributed by atoms with Crippen molar-refractivity contribution in [3.05, 3.63) is 35.9 Å². The quantitative estimate of drug-likeness (QED) is 0.421. The van der Waals surface area contributed by atoms with E-state index in [0.717, 1.165) is 19.3 Å². The predicted octanol–water partition coefficient (Wildman–Crippen LogP) is 3.77. The van der Waals surface area contributed by atoms with Crippen molar-refractivity contribution < 1.29 is 19.4 Å².